The fourth-order valence-electron chi connectivity index (χ4n) is 2.50. The first kappa shape index (κ1) is 15.5. The zero-order chi connectivity index (χ0) is 13.2. The number of hydrogen-bond acceptors (Lipinski definition) is 2. The number of alkyl halides is 1. The van der Waals surface area contributed by atoms with Gasteiger partial charge >= 0.3 is 5.97 Å². The molecule has 3 heteroatoms. The Morgan fingerprint density at radius 3 is 2.06 bits per heavy atom. The van der Waals surface area contributed by atoms with E-state index >= 15 is 0 Å². The van der Waals surface area contributed by atoms with Crippen LogP contribution in [0.15, 0.2) is 0 Å². The molecule has 1 rings (SSSR count). The maximum absolute atomic E-state index is 14.1. The van der Waals surface area contributed by atoms with Gasteiger partial charge in [0.15, 0.2) is 0 Å². The third kappa shape index (κ3) is 6.36. The Morgan fingerprint density at radius 1 is 1.00 bits per heavy atom. The minimum atomic E-state index is -0.972. The van der Waals surface area contributed by atoms with Gasteiger partial charge in [-0.1, -0.05) is 51.9 Å². The number of hydrogen-bond donors (Lipinski definition) is 0. The molecular formula is C15H27FO2. The summed E-state index contributed by atoms with van der Waals surface area (Å²) in [6, 6.07) is 0. The van der Waals surface area contributed by atoms with Gasteiger partial charge in [-0.25, -0.2) is 4.39 Å². The molecule has 0 bridgehead atoms. The lowest BCUT2D eigenvalue weighted by Crippen LogP contribution is -2.28. The first-order valence-corrected chi connectivity index (χ1v) is 7.57. The van der Waals surface area contributed by atoms with Gasteiger partial charge in [0, 0.05) is 6.42 Å². The zero-order valence-corrected chi connectivity index (χ0v) is 11.6. The summed E-state index contributed by atoms with van der Waals surface area (Å²) in [6.45, 7) is 1.75. The van der Waals surface area contributed by atoms with E-state index in [-0.39, 0.29) is 5.97 Å². The van der Waals surface area contributed by atoms with E-state index < -0.39 is 12.3 Å². The molecule has 106 valence electrons. The second-order valence-corrected chi connectivity index (χ2v) is 5.30. The summed E-state index contributed by atoms with van der Waals surface area (Å²) in [6.07, 6.45) is 9.24. The minimum absolute atomic E-state index is 0.269. The monoisotopic (exact) mass is 258 g/mol. The summed E-state index contributed by atoms with van der Waals surface area (Å²) in [7, 11) is 0. The molecule has 1 fully saturated rings. The van der Waals surface area contributed by atoms with E-state index in [9.17, 15) is 9.18 Å². The lowest BCUT2D eigenvalue weighted by Gasteiger charge is -2.22. The standard InChI is InChI=1S/C15H27FO2/c1-2-15(17)18-14-12-10-8-6-4-3-5-7-9-11-13(14)16/h13-14H,2-12H2,1H3/t13-,14-/m1/s1. The number of carbonyl (C=O) groups is 1. The van der Waals surface area contributed by atoms with E-state index in [0.29, 0.717) is 19.3 Å². The van der Waals surface area contributed by atoms with Crippen molar-refractivity contribution in [3.05, 3.63) is 0 Å². The number of halogens is 1. The summed E-state index contributed by atoms with van der Waals surface area (Å²) < 4.78 is 19.3. The molecule has 1 saturated carbocycles. The lowest BCUT2D eigenvalue weighted by atomic mass is 9.98. The van der Waals surface area contributed by atoms with Crippen molar-refractivity contribution in [3.8, 4) is 0 Å². The Balaban J connectivity index is 2.44. The second kappa shape index (κ2) is 9.35. The van der Waals surface area contributed by atoms with Crippen LogP contribution >= 0.6 is 0 Å². The molecule has 0 aliphatic heterocycles. The highest BCUT2D eigenvalue weighted by molar-refractivity contribution is 5.69. The fraction of sp³-hybridized carbons (Fsp3) is 0.933. The van der Waals surface area contributed by atoms with Crippen LogP contribution in [-0.4, -0.2) is 18.2 Å². The van der Waals surface area contributed by atoms with Crippen LogP contribution in [0, 0.1) is 0 Å². The largest absolute Gasteiger partial charge is 0.459 e. The SMILES string of the molecule is CCC(=O)O[C@@H]1CCCCCCCCCC[C@H]1F. The van der Waals surface area contributed by atoms with Crippen molar-refractivity contribution < 1.29 is 13.9 Å². The van der Waals surface area contributed by atoms with Crippen LogP contribution in [0.2, 0.25) is 0 Å². The molecule has 0 aromatic carbocycles. The van der Waals surface area contributed by atoms with E-state index in [1.54, 1.807) is 6.92 Å². The molecule has 0 radical (unpaired) electrons. The summed E-state index contributed by atoms with van der Waals surface area (Å²) in [5, 5.41) is 0. The lowest BCUT2D eigenvalue weighted by molar-refractivity contribution is -0.152. The van der Waals surface area contributed by atoms with Crippen molar-refractivity contribution in [2.75, 3.05) is 0 Å². The highest BCUT2D eigenvalue weighted by atomic mass is 19.1. The van der Waals surface area contributed by atoms with Gasteiger partial charge in [-0.2, -0.15) is 0 Å². The molecule has 0 aromatic heterocycles. The van der Waals surface area contributed by atoms with Crippen LogP contribution in [0.4, 0.5) is 4.39 Å². The third-order valence-corrected chi connectivity index (χ3v) is 3.69. The molecule has 1 aliphatic carbocycles. The van der Waals surface area contributed by atoms with Gasteiger partial charge in [-0.3, -0.25) is 4.79 Å². The number of rotatable bonds is 2. The highest BCUT2D eigenvalue weighted by Crippen LogP contribution is 2.21. The summed E-state index contributed by atoms with van der Waals surface area (Å²) >= 11 is 0. The topological polar surface area (TPSA) is 26.3 Å². The maximum atomic E-state index is 14.1. The molecule has 0 unspecified atom stereocenters. The van der Waals surface area contributed by atoms with Crippen LogP contribution in [0.25, 0.3) is 0 Å². The van der Waals surface area contributed by atoms with E-state index in [1.165, 1.54) is 25.7 Å². The molecule has 2 nitrogen and oxygen atoms in total. The molecule has 0 spiro atoms. The van der Waals surface area contributed by atoms with Gasteiger partial charge < -0.3 is 4.74 Å². The van der Waals surface area contributed by atoms with Crippen LogP contribution in [0.1, 0.15) is 77.6 Å². The molecule has 0 saturated heterocycles. The van der Waals surface area contributed by atoms with Crippen molar-refractivity contribution >= 4 is 5.97 Å². The van der Waals surface area contributed by atoms with Crippen molar-refractivity contribution in [2.24, 2.45) is 0 Å². The normalized spacial score (nSPS) is 27.9. The van der Waals surface area contributed by atoms with Gasteiger partial charge in [-0.05, 0) is 19.3 Å². The Kier molecular flexibility index (Phi) is 8.03. The molecule has 1 aliphatic rings. The maximum Gasteiger partial charge on any atom is 0.305 e. The van der Waals surface area contributed by atoms with Crippen LogP contribution in [0.5, 0.6) is 0 Å². The molecule has 0 N–H and O–H groups in total. The molecule has 18 heavy (non-hydrogen) atoms. The van der Waals surface area contributed by atoms with E-state index in [2.05, 4.69) is 0 Å². The van der Waals surface area contributed by atoms with Gasteiger partial charge in [0.25, 0.3) is 0 Å². The first-order valence-electron chi connectivity index (χ1n) is 7.57. The quantitative estimate of drug-likeness (QED) is 0.679. The first-order chi connectivity index (χ1) is 8.74. The second-order valence-electron chi connectivity index (χ2n) is 5.30. The Hall–Kier alpha value is -0.600. The minimum Gasteiger partial charge on any atom is -0.459 e. The summed E-state index contributed by atoms with van der Waals surface area (Å²) in [5.74, 6) is -0.269. The zero-order valence-electron chi connectivity index (χ0n) is 11.6. The molecule has 0 amide bonds. The predicted molar refractivity (Wildman–Crippen MR) is 71.2 cm³/mol. The van der Waals surface area contributed by atoms with Crippen LogP contribution in [-0.2, 0) is 9.53 Å². The van der Waals surface area contributed by atoms with Gasteiger partial charge in [0.1, 0.15) is 12.3 Å². The van der Waals surface area contributed by atoms with Crippen molar-refractivity contribution in [1.29, 1.82) is 0 Å². The van der Waals surface area contributed by atoms with Crippen molar-refractivity contribution in [3.63, 3.8) is 0 Å². The number of ether oxygens (including phenoxy) is 1. The average Bonchev–Trinajstić information content (AvgIpc) is 2.37. The predicted octanol–water partition coefficient (Wildman–Crippen LogP) is 4.56. The smallest absolute Gasteiger partial charge is 0.305 e. The van der Waals surface area contributed by atoms with Crippen LogP contribution in [0.3, 0.4) is 0 Å². The van der Waals surface area contributed by atoms with Gasteiger partial charge in [0.05, 0.1) is 0 Å². The molecule has 0 aromatic rings. The molecule has 0 heterocycles. The van der Waals surface area contributed by atoms with Gasteiger partial charge in [-0.15, -0.1) is 0 Å². The summed E-state index contributed by atoms with van der Waals surface area (Å²) in [5.41, 5.74) is 0. The Bertz CT molecular complexity index is 231. The van der Waals surface area contributed by atoms with E-state index in [4.69, 9.17) is 4.74 Å². The third-order valence-electron chi connectivity index (χ3n) is 3.69. The van der Waals surface area contributed by atoms with Crippen LogP contribution < -0.4 is 0 Å². The average molecular weight is 258 g/mol. The van der Waals surface area contributed by atoms with E-state index in [0.717, 1.165) is 25.7 Å². The number of esters is 1. The Labute approximate surface area is 110 Å². The highest BCUT2D eigenvalue weighted by Gasteiger charge is 2.24. The van der Waals surface area contributed by atoms with Crippen molar-refractivity contribution in [2.45, 2.75) is 89.8 Å². The van der Waals surface area contributed by atoms with E-state index in [1.807, 2.05) is 0 Å². The Morgan fingerprint density at radius 2 is 1.50 bits per heavy atom. The summed E-state index contributed by atoms with van der Waals surface area (Å²) in [4.78, 5) is 11.3. The molecular weight excluding hydrogens is 231 g/mol. The molecule has 2 atom stereocenters. The number of carbonyl (C=O) groups excluding carboxylic acids is 1. The van der Waals surface area contributed by atoms with Crippen molar-refractivity contribution in [1.82, 2.24) is 0 Å². The van der Waals surface area contributed by atoms with Gasteiger partial charge in [0.2, 0.25) is 0 Å². The fourth-order valence-corrected chi connectivity index (χ4v) is 2.50.